The first-order valence-corrected chi connectivity index (χ1v) is 11.3. The van der Waals surface area contributed by atoms with Crippen LogP contribution in [0.1, 0.15) is 52.8 Å². The topological polar surface area (TPSA) is 194 Å². The van der Waals surface area contributed by atoms with E-state index in [-0.39, 0.29) is 24.1 Å². The van der Waals surface area contributed by atoms with Crippen molar-refractivity contribution < 1.29 is 34.8 Å². The van der Waals surface area contributed by atoms with Gasteiger partial charge >= 0.3 is 0 Å². The zero-order valence-corrected chi connectivity index (χ0v) is 19.3. The van der Waals surface area contributed by atoms with E-state index < -0.39 is 46.8 Å². The monoisotopic (exact) mass is 488 g/mol. The molecule has 11 heteroatoms. The number of aromatic hydroxyl groups is 4. The van der Waals surface area contributed by atoms with Gasteiger partial charge in [-0.1, -0.05) is 12.1 Å². The zero-order valence-electron chi connectivity index (χ0n) is 19.3. The molecule has 9 N–H and O–H groups in total. The largest absolute Gasteiger partial charge is 0.504 e. The second-order valence-electron chi connectivity index (χ2n) is 7.91. The van der Waals surface area contributed by atoms with Crippen LogP contribution in [0.15, 0.2) is 36.4 Å². The number of carbonyl (C=O) groups is 3. The van der Waals surface area contributed by atoms with Gasteiger partial charge in [0.1, 0.15) is 6.04 Å². The van der Waals surface area contributed by atoms with Gasteiger partial charge in [0, 0.05) is 13.1 Å². The Kier molecular flexibility index (Phi) is 10.6. The van der Waals surface area contributed by atoms with Gasteiger partial charge in [-0.2, -0.15) is 0 Å². The Balaban J connectivity index is 1.93. The highest BCUT2D eigenvalue weighted by molar-refractivity contribution is 6.00. The molecular weight excluding hydrogens is 456 g/mol. The van der Waals surface area contributed by atoms with Crippen LogP contribution in [-0.2, 0) is 4.79 Å². The highest BCUT2D eigenvalue weighted by Crippen LogP contribution is 2.29. The minimum Gasteiger partial charge on any atom is -0.504 e. The molecule has 11 nitrogen and oxygen atoms in total. The summed E-state index contributed by atoms with van der Waals surface area (Å²) in [5.41, 5.74) is 5.24. The molecule has 0 saturated heterocycles. The number of nitrogens with two attached hydrogens (primary N) is 1. The summed E-state index contributed by atoms with van der Waals surface area (Å²) in [7, 11) is 0. The lowest BCUT2D eigenvalue weighted by atomic mass is 10.1. The summed E-state index contributed by atoms with van der Waals surface area (Å²) < 4.78 is 0. The first-order chi connectivity index (χ1) is 16.8. The average molecular weight is 489 g/mol. The van der Waals surface area contributed by atoms with Gasteiger partial charge in [0.25, 0.3) is 11.8 Å². The van der Waals surface area contributed by atoms with Crippen LogP contribution in [0.25, 0.3) is 0 Å². The molecule has 0 aliphatic heterocycles. The maximum absolute atomic E-state index is 12.7. The first kappa shape index (κ1) is 27.3. The zero-order chi connectivity index (χ0) is 25.8. The van der Waals surface area contributed by atoms with Crippen molar-refractivity contribution in [3.8, 4) is 23.0 Å². The number of phenols is 4. The van der Waals surface area contributed by atoms with Crippen molar-refractivity contribution in [2.24, 2.45) is 5.73 Å². The SMILES string of the molecule is NCCCCNC(=O)[C@H](CCCCNC(=O)c1cccc(O)c1O)NC(=O)c1cccc(O)c1O. The van der Waals surface area contributed by atoms with Gasteiger partial charge in [-0.05, 0) is 62.9 Å². The summed E-state index contributed by atoms with van der Waals surface area (Å²) in [5.74, 6) is -3.60. The lowest BCUT2D eigenvalue weighted by molar-refractivity contribution is -0.123. The maximum Gasteiger partial charge on any atom is 0.255 e. The molecule has 3 amide bonds. The molecule has 1 atom stereocenters. The van der Waals surface area contributed by atoms with Gasteiger partial charge in [-0.15, -0.1) is 0 Å². The van der Waals surface area contributed by atoms with E-state index in [4.69, 9.17) is 5.73 Å². The fraction of sp³-hybridized carbons (Fsp3) is 0.375. The predicted molar refractivity (Wildman–Crippen MR) is 128 cm³/mol. The third-order valence-corrected chi connectivity index (χ3v) is 5.28. The maximum atomic E-state index is 12.7. The Morgan fingerprint density at radius 1 is 0.743 bits per heavy atom. The molecule has 0 aromatic heterocycles. The standard InChI is InChI=1S/C24H32N4O7/c25-12-2-4-14-27-24(35)17(28-23(34)16-8-6-11-19(30)21(16)32)9-1-3-13-26-22(33)15-7-5-10-18(29)20(15)31/h5-8,10-11,17,29-32H,1-4,9,12-14,25H2,(H,26,33)(H,27,35)(H,28,34)/t17-/m0/s1. The molecule has 0 bridgehead atoms. The number of para-hydroxylation sites is 2. The van der Waals surface area contributed by atoms with Crippen molar-refractivity contribution in [1.29, 1.82) is 0 Å². The van der Waals surface area contributed by atoms with E-state index in [2.05, 4.69) is 16.0 Å². The van der Waals surface area contributed by atoms with Crippen molar-refractivity contribution in [1.82, 2.24) is 16.0 Å². The fourth-order valence-corrected chi connectivity index (χ4v) is 3.31. The van der Waals surface area contributed by atoms with E-state index in [1.54, 1.807) is 0 Å². The van der Waals surface area contributed by atoms with Crippen LogP contribution < -0.4 is 21.7 Å². The molecular formula is C24H32N4O7. The predicted octanol–water partition coefficient (Wildman–Crippen LogP) is 1.06. The summed E-state index contributed by atoms with van der Waals surface area (Å²) in [4.78, 5) is 37.5. The molecule has 0 heterocycles. The minimum absolute atomic E-state index is 0.0575. The molecule has 2 aromatic carbocycles. The number of amides is 3. The lowest BCUT2D eigenvalue weighted by Crippen LogP contribution is -2.47. The number of rotatable bonds is 13. The van der Waals surface area contributed by atoms with Crippen LogP contribution in [0.5, 0.6) is 23.0 Å². The molecule has 0 fully saturated rings. The summed E-state index contributed by atoms with van der Waals surface area (Å²) in [6, 6.07) is 7.13. The number of unbranched alkanes of at least 4 members (excludes halogenated alkanes) is 2. The fourth-order valence-electron chi connectivity index (χ4n) is 3.31. The molecule has 0 unspecified atom stereocenters. The summed E-state index contributed by atoms with van der Waals surface area (Å²) in [5, 5.41) is 46.9. The van der Waals surface area contributed by atoms with Crippen LogP contribution in [0.4, 0.5) is 0 Å². The second kappa shape index (κ2) is 13.7. The van der Waals surface area contributed by atoms with Crippen LogP contribution in [0, 0.1) is 0 Å². The second-order valence-corrected chi connectivity index (χ2v) is 7.91. The van der Waals surface area contributed by atoms with Gasteiger partial charge in [0.05, 0.1) is 11.1 Å². The first-order valence-electron chi connectivity index (χ1n) is 11.3. The molecule has 0 spiro atoms. The Labute approximate surface area is 203 Å². The van der Waals surface area contributed by atoms with Gasteiger partial charge in [0.15, 0.2) is 23.0 Å². The van der Waals surface area contributed by atoms with Gasteiger partial charge in [0.2, 0.25) is 5.91 Å². The molecule has 0 aliphatic carbocycles. The van der Waals surface area contributed by atoms with Crippen molar-refractivity contribution in [2.45, 2.75) is 38.1 Å². The van der Waals surface area contributed by atoms with E-state index in [1.165, 1.54) is 36.4 Å². The quantitative estimate of drug-likeness (QED) is 0.151. The summed E-state index contributed by atoms with van der Waals surface area (Å²) >= 11 is 0. The van der Waals surface area contributed by atoms with Crippen LogP contribution in [0.3, 0.4) is 0 Å². The smallest absolute Gasteiger partial charge is 0.255 e. The van der Waals surface area contributed by atoms with Crippen molar-refractivity contribution >= 4 is 17.7 Å². The third-order valence-electron chi connectivity index (χ3n) is 5.28. The van der Waals surface area contributed by atoms with Crippen LogP contribution in [-0.4, -0.2) is 63.8 Å². The highest BCUT2D eigenvalue weighted by Gasteiger charge is 2.23. The number of benzene rings is 2. The minimum atomic E-state index is -0.909. The lowest BCUT2D eigenvalue weighted by Gasteiger charge is -2.19. The van der Waals surface area contributed by atoms with Crippen molar-refractivity contribution in [2.75, 3.05) is 19.6 Å². The van der Waals surface area contributed by atoms with Gasteiger partial charge in [-0.3, -0.25) is 14.4 Å². The number of phenolic OH excluding ortho intramolecular Hbond substituents is 4. The van der Waals surface area contributed by atoms with E-state index >= 15 is 0 Å². The van der Waals surface area contributed by atoms with Gasteiger partial charge < -0.3 is 42.1 Å². The Bertz CT molecular complexity index is 1030. The molecule has 190 valence electrons. The Morgan fingerprint density at radius 2 is 1.29 bits per heavy atom. The number of hydrogen-bond acceptors (Lipinski definition) is 8. The molecule has 0 aliphatic rings. The molecule has 0 radical (unpaired) electrons. The van der Waals surface area contributed by atoms with E-state index in [0.29, 0.717) is 32.4 Å². The number of nitrogens with one attached hydrogen (secondary N) is 3. The van der Waals surface area contributed by atoms with E-state index in [9.17, 15) is 34.8 Å². The Hall–Kier alpha value is -3.99. The number of carbonyl (C=O) groups excluding carboxylic acids is 3. The highest BCUT2D eigenvalue weighted by atomic mass is 16.3. The number of hydrogen-bond donors (Lipinski definition) is 8. The summed E-state index contributed by atoms with van der Waals surface area (Å²) in [6.45, 7) is 1.13. The molecule has 35 heavy (non-hydrogen) atoms. The normalized spacial score (nSPS) is 11.5. The van der Waals surface area contributed by atoms with E-state index in [1.807, 2.05) is 0 Å². The van der Waals surface area contributed by atoms with Gasteiger partial charge in [-0.25, -0.2) is 0 Å². The van der Waals surface area contributed by atoms with E-state index in [0.717, 1.165) is 6.42 Å². The molecule has 0 saturated carbocycles. The third kappa shape index (κ3) is 8.07. The average Bonchev–Trinajstić information content (AvgIpc) is 2.83. The Morgan fingerprint density at radius 3 is 1.89 bits per heavy atom. The van der Waals surface area contributed by atoms with Crippen LogP contribution >= 0.6 is 0 Å². The molecule has 2 aromatic rings. The van der Waals surface area contributed by atoms with Crippen LogP contribution in [0.2, 0.25) is 0 Å². The molecule has 2 rings (SSSR count). The summed E-state index contributed by atoms with van der Waals surface area (Å²) in [6.07, 6.45) is 2.60. The van der Waals surface area contributed by atoms with Crippen molar-refractivity contribution in [3.63, 3.8) is 0 Å². The van der Waals surface area contributed by atoms with Crippen molar-refractivity contribution in [3.05, 3.63) is 47.5 Å².